The Morgan fingerprint density at radius 2 is 2.05 bits per heavy atom. The Morgan fingerprint density at radius 3 is 2.70 bits per heavy atom. The van der Waals surface area contributed by atoms with Crippen LogP contribution in [0.5, 0.6) is 0 Å². The van der Waals surface area contributed by atoms with Gasteiger partial charge in [-0.2, -0.15) is 0 Å². The van der Waals surface area contributed by atoms with Crippen LogP contribution in [0.2, 0.25) is 0 Å². The summed E-state index contributed by atoms with van der Waals surface area (Å²) in [6.07, 6.45) is 10.3. The predicted molar refractivity (Wildman–Crippen MR) is 82.5 cm³/mol. The van der Waals surface area contributed by atoms with Crippen LogP contribution in [0.15, 0.2) is 0 Å². The van der Waals surface area contributed by atoms with Crippen molar-refractivity contribution in [2.45, 2.75) is 70.8 Å². The first-order valence-corrected chi connectivity index (χ1v) is 8.34. The minimum absolute atomic E-state index is 0.151. The van der Waals surface area contributed by atoms with E-state index in [1.54, 1.807) is 0 Å². The molecule has 0 aromatic rings. The molecule has 0 aromatic heterocycles. The van der Waals surface area contributed by atoms with Crippen LogP contribution in [0.25, 0.3) is 0 Å². The predicted octanol–water partition coefficient (Wildman–Crippen LogP) is 2.61. The molecule has 1 unspecified atom stereocenters. The van der Waals surface area contributed by atoms with Gasteiger partial charge in [-0.1, -0.05) is 32.6 Å². The minimum atomic E-state index is 0.151. The highest BCUT2D eigenvalue weighted by Crippen LogP contribution is 2.20. The van der Waals surface area contributed by atoms with E-state index in [9.17, 15) is 4.79 Å². The van der Waals surface area contributed by atoms with Crippen LogP contribution in [0.4, 0.5) is 0 Å². The van der Waals surface area contributed by atoms with E-state index in [-0.39, 0.29) is 5.91 Å². The highest BCUT2D eigenvalue weighted by molar-refractivity contribution is 5.75. The number of nitrogens with two attached hydrogens (primary N) is 1. The SMILES string of the molecule is CCCC(CCN)CCC(=O)NCCOC1CCCC1. The zero-order chi connectivity index (χ0) is 14.6. The molecule has 0 saturated heterocycles. The smallest absolute Gasteiger partial charge is 0.220 e. The molecule has 0 aliphatic heterocycles. The quantitative estimate of drug-likeness (QED) is 0.573. The molecule has 1 aliphatic rings. The summed E-state index contributed by atoms with van der Waals surface area (Å²) in [5.41, 5.74) is 5.61. The van der Waals surface area contributed by atoms with E-state index in [2.05, 4.69) is 12.2 Å². The molecule has 3 N–H and O–H groups in total. The molecule has 1 aliphatic carbocycles. The molecule has 0 bridgehead atoms. The van der Waals surface area contributed by atoms with E-state index < -0.39 is 0 Å². The first-order chi connectivity index (χ1) is 9.76. The van der Waals surface area contributed by atoms with E-state index in [1.807, 2.05) is 0 Å². The molecule has 0 aromatic carbocycles. The van der Waals surface area contributed by atoms with Crippen molar-refractivity contribution in [2.75, 3.05) is 19.7 Å². The molecule has 1 atom stereocenters. The molecule has 4 nitrogen and oxygen atoms in total. The maximum atomic E-state index is 11.8. The summed E-state index contributed by atoms with van der Waals surface area (Å²) < 4.78 is 5.72. The lowest BCUT2D eigenvalue weighted by Gasteiger charge is -2.15. The lowest BCUT2D eigenvalue weighted by Crippen LogP contribution is -2.28. The van der Waals surface area contributed by atoms with Gasteiger partial charge in [0.2, 0.25) is 5.91 Å². The number of carbonyl (C=O) groups is 1. The Hall–Kier alpha value is -0.610. The second-order valence-electron chi connectivity index (χ2n) is 5.90. The lowest BCUT2D eigenvalue weighted by atomic mass is 9.94. The molecule has 0 spiro atoms. The van der Waals surface area contributed by atoms with Gasteiger partial charge in [0, 0.05) is 13.0 Å². The standard InChI is InChI=1S/C16H32N2O2/c1-2-5-14(10-11-17)8-9-16(19)18-12-13-20-15-6-3-4-7-15/h14-15H,2-13,17H2,1H3,(H,18,19). The highest BCUT2D eigenvalue weighted by Gasteiger charge is 2.15. The van der Waals surface area contributed by atoms with E-state index in [0.717, 1.165) is 19.4 Å². The molecule has 0 heterocycles. The molecule has 1 fully saturated rings. The van der Waals surface area contributed by atoms with Crippen molar-refractivity contribution >= 4 is 5.91 Å². The van der Waals surface area contributed by atoms with Gasteiger partial charge in [-0.15, -0.1) is 0 Å². The number of amides is 1. The Labute approximate surface area is 123 Å². The Morgan fingerprint density at radius 1 is 1.30 bits per heavy atom. The third kappa shape index (κ3) is 7.85. The number of hydrogen-bond acceptors (Lipinski definition) is 3. The molecule has 4 heteroatoms. The summed E-state index contributed by atoms with van der Waals surface area (Å²) in [6, 6.07) is 0. The number of ether oxygens (including phenoxy) is 1. The minimum Gasteiger partial charge on any atom is -0.376 e. The van der Waals surface area contributed by atoms with E-state index in [0.29, 0.717) is 31.6 Å². The van der Waals surface area contributed by atoms with Crippen molar-refractivity contribution in [3.05, 3.63) is 0 Å². The van der Waals surface area contributed by atoms with Crippen LogP contribution in [0.1, 0.15) is 64.7 Å². The van der Waals surface area contributed by atoms with Gasteiger partial charge in [0.25, 0.3) is 0 Å². The van der Waals surface area contributed by atoms with E-state index in [1.165, 1.54) is 38.5 Å². The average molecular weight is 284 g/mol. The van der Waals surface area contributed by atoms with Gasteiger partial charge in [-0.05, 0) is 38.1 Å². The van der Waals surface area contributed by atoms with Crippen LogP contribution >= 0.6 is 0 Å². The first-order valence-electron chi connectivity index (χ1n) is 8.34. The Kier molecular flexibility index (Phi) is 9.67. The van der Waals surface area contributed by atoms with Crippen molar-refractivity contribution in [1.29, 1.82) is 0 Å². The van der Waals surface area contributed by atoms with Gasteiger partial charge < -0.3 is 15.8 Å². The van der Waals surface area contributed by atoms with Crippen molar-refractivity contribution in [2.24, 2.45) is 11.7 Å². The Bertz CT molecular complexity index is 247. The van der Waals surface area contributed by atoms with E-state index >= 15 is 0 Å². The second kappa shape index (κ2) is 11.1. The number of carbonyl (C=O) groups excluding carboxylic acids is 1. The zero-order valence-electron chi connectivity index (χ0n) is 13.0. The molecular weight excluding hydrogens is 252 g/mol. The maximum Gasteiger partial charge on any atom is 0.220 e. The summed E-state index contributed by atoms with van der Waals surface area (Å²) in [5.74, 6) is 0.753. The lowest BCUT2D eigenvalue weighted by molar-refractivity contribution is -0.121. The van der Waals surface area contributed by atoms with Crippen molar-refractivity contribution in [1.82, 2.24) is 5.32 Å². The van der Waals surface area contributed by atoms with Gasteiger partial charge in [0.1, 0.15) is 0 Å². The van der Waals surface area contributed by atoms with Crippen LogP contribution in [-0.4, -0.2) is 31.7 Å². The molecule has 0 radical (unpaired) electrons. The number of hydrogen-bond donors (Lipinski definition) is 2. The van der Waals surface area contributed by atoms with Crippen molar-refractivity contribution in [3.63, 3.8) is 0 Å². The third-order valence-corrected chi connectivity index (χ3v) is 4.13. The summed E-state index contributed by atoms with van der Waals surface area (Å²) in [4.78, 5) is 11.8. The van der Waals surface area contributed by atoms with Crippen molar-refractivity contribution in [3.8, 4) is 0 Å². The van der Waals surface area contributed by atoms with Crippen LogP contribution in [-0.2, 0) is 9.53 Å². The van der Waals surface area contributed by atoms with Crippen LogP contribution in [0.3, 0.4) is 0 Å². The van der Waals surface area contributed by atoms with Gasteiger partial charge in [-0.25, -0.2) is 0 Å². The molecule has 1 amide bonds. The fourth-order valence-corrected chi connectivity index (χ4v) is 2.97. The summed E-state index contributed by atoms with van der Waals surface area (Å²) in [6.45, 7) is 4.20. The van der Waals surface area contributed by atoms with Crippen LogP contribution < -0.4 is 11.1 Å². The fourth-order valence-electron chi connectivity index (χ4n) is 2.97. The Balaban J connectivity index is 2.00. The topological polar surface area (TPSA) is 64.4 Å². The summed E-state index contributed by atoms with van der Waals surface area (Å²) >= 11 is 0. The third-order valence-electron chi connectivity index (χ3n) is 4.13. The average Bonchev–Trinajstić information content (AvgIpc) is 2.95. The van der Waals surface area contributed by atoms with Gasteiger partial charge in [-0.3, -0.25) is 4.79 Å². The molecule has 118 valence electrons. The number of nitrogens with one attached hydrogen (secondary N) is 1. The monoisotopic (exact) mass is 284 g/mol. The second-order valence-corrected chi connectivity index (χ2v) is 5.90. The van der Waals surface area contributed by atoms with Gasteiger partial charge >= 0.3 is 0 Å². The van der Waals surface area contributed by atoms with Crippen LogP contribution in [0, 0.1) is 5.92 Å². The molecule has 20 heavy (non-hydrogen) atoms. The molecule has 1 saturated carbocycles. The van der Waals surface area contributed by atoms with Gasteiger partial charge in [0.05, 0.1) is 12.7 Å². The fraction of sp³-hybridized carbons (Fsp3) is 0.938. The highest BCUT2D eigenvalue weighted by atomic mass is 16.5. The zero-order valence-corrected chi connectivity index (χ0v) is 13.0. The summed E-state index contributed by atoms with van der Waals surface area (Å²) in [5, 5.41) is 2.95. The first kappa shape index (κ1) is 17.4. The van der Waals surface area contributed by atoms with E-state index in [4.69, 9.17) is 10.5 Å². The summed E-state index contributed by atoms with van der Waals surface area (Å²) in [7, 11) is 0. The molecule has 1 rings (SSSR count). The van der Waals surface area contributed by atoms with Gasteiger partial charge in [0.15, 0.2) is 0 Å². The maximum absolute atomic E-state index is 11.8. The normalized spacial score (nSPS) is 17.3. The molecular formula is C16H32N2O2. The largest absolute Gasteiger partial charge is 0.376 e. The van der Waals surface area contributed by atoms with Crippen molar-refractivity contribution < 1.29 is 9.53 Å². The number of rotatable bonds is 11.